The number of alkyl halides is 1. The fourth-order valence-corrected chi connectivity index (χ4v) is 5.68. The van der Waals surface area contributed by atoms with Crippen molar-refractivity contribution in [2.24, 2.45) is 4.99 Å². The number of aromatic nitrogens is 5. The predicted molar refractivity (Wildman–Crippen MR) is 153 cm³/mol. The molecule has 8 heteroatoms. The van der Waals surface area contributed by atoms with E-state index in [1.54, 1.807) is 0 Å². The molecule has 6 nitrogen and oxygen atoms in total. The number of hydrogen-bond donors (Lipinski definition) is 0. The second-order valence-corrected chi connectivity index (χ2v) is 11.2. The summed E-state index contributed by atoms with van der Waals surface area (Å²) in [5.74, 6) is 1.82. The Hall–Kier alpha value is -2.52. The second-order valence-electron chi connectivity index (χ2n) is 9.73. The molecule has 1 saturated carbocycles. The molecule has 0 amide bonds. The highest BCUT2D eigenvalue weighted by Crippen LogP contribution is 2.51. The molecule has 1 fully saturated rings. The van der Waals surface area contributed by atoms with Crippen LogP contribution >= 0.6 is 34.2 Å². The molecule has 2 aromatic heterocycles. The first-order valence-electron chi connectivity index (χ1n) is 12.6. The number of benzene rings is 2. The van der Waals surface area contributed by atoms with Crippen molar-refractivity contribution in [1.82, 2.24) is 24.5 Å². The van der Waals surface area contributed by atoms with Gasteiger partial charge in [0.1, 0.15) is 11.4 Å². The van der Waals surface area contributed by atoms with Crippen LogP contribution in [0.3, 0.4) is 0 Å². The molecular formula is C28H28ClIN6. The van der Waals surface area contributed by atoms with Crippen LogP contribution in [0, 0.1) is 6.92 Å². The zero-order chi connectivity index (χ0) is 24.7. The van der Waals surface area contributed by atoms with Crippen LogP contribution in [-0.2, 0) is 12.1 Å². The number of aryl methyl sites for hydroxylation is 2. The van der Waals surface area contributed by atoms with Crippen LogP contribution < -0.4 is 0 Å². The van der Waals surface area contributed by atoms with Crippen molar-refractivity contribution in [2.75, 3.05) is 4.43 Å². The Balaban J connectivity index is 1.40. The third-order valence-corrected chi connectivity index (χ3v) is 8.15. The minimum Gasteiger partial charge on any atom is -0.280 e. The number of hydrogen-bond acceptors (Lipinski definition) is 4. The molecule has 1 aliphatic carbocycles. The quantitative estimate of drug-likeness (QED) is 0.124. The molecule has 2 aliphatic rings. The Kier molecular flexibility index (Phi) is 6.46. The van der Waals surface area contributed by atoms with E-state index in [4.69, 9.17) is 16.6 Å². The van der Waals surface area contributed by atoms with E-state index in [1.807, 2.05) is 25.3 Å². The van der Waals surface area contributed by atoms with Crippen LogP contribution in [-0.4, -0.2) is 34.7 Å². The lowest BCUT2D eigenvalue weighted by molar-refractivity contribution is 0.543. The van der Waals surface area contributed by atoms with Gasteiger partial charge < -0.3 is 0 Å². The van der Waals surface area contributed by atoms with Gasteiger partial charge >= 0.3 is 0 Å². The molecule has 6 rings (SSSR count). The van der Waals surface area contributed by atoms with Crippen LogP contribution in [0.2, 0.25) is 5.02 Å². The van der Waals surface area contributed by atoms with Gasteiger partial charge in [-0.1, -0.05) is 65.2 Å². The summed E-state index contributed by atoms with van der Waals surface area (Å²) in [4.78, 5) is 5.35. The first kappa shape index (κ1) is 23.9. The van der Waals surface area contributed by atoms with Gasteiger partial charge in [0.15, 0.2) is 5.82 Å². The van der Waals surface area contributed by atoms with Crippen molar-refractivity contribution in [1.29, 1.82) is 0 Å². The lowest BCUT2D eigenvalue weighted by Gasteiger charge is -2.14. The maximum atomic E-state index is 6.22. The van der Waals surface area contributed by atoms with Gasteiger partial charge in [0.05, 0.1) is 17.6 Å². The lowest BCUT2D eigenvalue weighted by atomic mass is 9.96. The van der Waals surface area contributed by atoms with Crippen LogP contribution in [0.1, 0.15) is 61.3 Å². The van der Waals surface area contributed by atoms with Crippen molar-refractivity contribution >= 4 is 39.9 Å². The number of rotatable bonds is 8. The van der Waals surface area contributed by atoms with Crippen LogP contribution in [0.15, 0.2) is 59.9 Å². The molecule has 0 radical (unpaired) electrons. The van der Waals surface area contributed by atoms with E-state index in [9.17, 15) is 0 Å². The number of aliphatic imine (C=N–C) groups is 1. The SMILES string of the molecule is Cc1nnc2n1-c1ccc(-c3cnn(CCCCCCI)c3)cc1C(c1ccc(Cl)cc1)=NC21CC1. The highest BCUT2D eigenvalue weighted by Gasteiger charge is 2.51. The average molecular weight is 611 g/mol. The van der Waals surface area contributed by atoms with Gasteiger partial charge in [-0.05, 0) is 66.9 Å². The smallest absolute Gasteiger partial charge is 0.165 e. The topological polar surface area (TPSA) is 60.9 Å². The van der Waals surface area contributed by atoms with Crippen molar-refractivity contribution in [3.63, 3.8) is 0 Å². The predicted octanol–water partition coefficient (Wildman–Crippen LogP) is 6.93. The first-order valence-corrected chi connectivity index (χ1v) is 14.5. The molecule has 1 spiro atoms. The molecule has 0 N–H and O–H groups in total. The summed E-state index contributed by atoms with van der Waals surface area (Å²) in [6, 6.07) is 14.6. The maximum Gasteiger partial charge on any atom is 0.165 e. The van der Waals surface area contributed by atoms with E-state index in [1.165, 1.54) is 23.7 Å². The van der Waals surface area contributed by atoms with Crippen molar-refractivity contribution in [3.05, 3.63) is 82.7 Å². The Morgan fingerprint density at radius 2 is 1.72 bits per heavy atom. The van der Waals surface area contributed by atoms with Gasteiger partial charge in [-0.2, -0.15) is 5.10 Å². The van der Waals surface area contributed by atoms with Crippen molar-refractivity contribution in [3.8, 4) is 16.8 Å². The number of unbranched alkanes of at least 4 members (excludes halogenated alkanes) is 3. The molecule has 2 aromatic carbocycles. The van der Waals surface area contributed by atoms with E-state index >= 15 is 0 Å². The Bertz CT molecular complexity index is 1430. The Labute approximate surface area is 229 Å². The highest BCUT2D eigenvalue weighted by molar-refractivity contribution is 14.1. The third-order valence-electron chi connectivity index (χ3n) is 7.14. The largest absolute Gasteiger partial charge is 0.280 e. The molecule has 4 aromatic rings. The van der Waals surface area contributed by atoms with E-state index in [0.29, 0.717) is 0 Å². The molecule has 36 heavy (non-hydrogen) atoms. The number of fused-ring (bicyclic) bond motifs is 4. The first-order chi connectivity index (χ1) is 17.6. The molecule has 0 bridgehead atoms. The van der Waals surface area contributed by atoms with E-state index in [-0.39, 0.29) is 5.54 Å². The molecule has 0 unspecified atom stereocenters. The fraction of sp³-hybridized carbons (Fsp3) is 0.357. The Morgan fingerprint density at radius 1 is 0.944 bits per heavy atom. The molecule has 0 atom stereocenters. The summed E-state index contributed by atoms with van der Waals surface area (Å²) >= 11 is 8.68. The minimum absolute atomic E-state index is 0.308. The van der Waals surface area contributed by atoms with E-state index in [0.717, 1.165) is 76.1 Å². The summed E-state index contributed by atoms with van der Waals surface area (Å²) in [6.07, 6.45) is 11.1. The molecule has 1 aliphatic heterocycles. The fourth-order valence-electron chi connectivity index (χ4n) is 5.01. The Morgan fingerprint density at radius 3 is 2.50 bits per heavy atom. The van der Waals surface area contributed by atoms with Crippen molar-refractivity contribution in [2.45, 2.75) is 57.5 Å². The highest BCUT2D eigenvalue weighted by atomic mass is 127. The monoisotopic (exact) mass is 610 g/mol. The molecule has 0 saturated heterocycles. The molecule has 3 heterocycles. The van der Waals surface area contributed by atoms with Crippen LogP contribution in [0.4, 0.5) is 0 Å². The second kappa shape index (κ2) is 9.74. The zero-order valence-electron chi connectivity index (χ0n) is 20.3. The number of halogens is 2. The molecular weight excluding hydrogens is 583 g/mol. The third kappa shape index (κ3) is 4.41. The van der Waals surface area contributed by atoms with E-state index < -0.39 is 0 Å². The lowest BCUT2D eigenvalue weighted by Crippen LogP contribution is -2.11. The van der Waals surface area contributed by atoms with Gasteiger partial charge in [0, 0.05) is 34.5 Å². The van der Waals surface area contributed by atoms with Gasteiger partial charge in [-0.25, -0.2) is 0 Å². The van der Waals surface area contributed by atoms with Gasteiger partial charge in [-0.3, -0.25) is 14.2 Å². The zero-order valence-corrected chi connectivity index (χ0v) is 23.2. The summed E-state index contributed by atoms with van der Waals surface area (Å²) in [5, 5.41) is 14.4. The summed E-state index contributed by atoms with van der Waals surface area (Å²) in [5.41, 5.74) is 6.12. The standard InChI is InChI=1S/C28H28ClIN6/c1-19-33-34-27-28(12-13-28)32-26(20-6-9-23(29)10-7-20)24-16-21(8-11-25(24)36(19)27)22-17-31-35(18-22)15-5-3-2-4-14-30/h6-11,16-18H,2-5,12-15H2,1H3. The average Bonchev–Trinajstić information content (AvgIpc) is 3.36. The van der Waals surface area contributed by atoms with Crippen molar-refractivity contribution < 1.29 is 0 Å². The van der Waals surface area contributed by atoms with Gasteiger partial charge in [0.2, 0.25) is 0 Å². The summed E-state index contributed by atoms with van der Waals surface area (Å²) in [6.45, 7) is 2.97. The summed E-state index contributed by atoms with van der Waals surface area (Å²) in [7, 11) is 0. The van der Waals surface area contributed by atoms with Gasteiger partial charge in [-0.15, -0.1) is 10.2 Å². The van der Waals surface area contributed by atoms with Crippen LogP contribution in [0.5, 0.6) is 0 Å². The normalized spacial score (nSPS) is 15.4. The van der Waals surface area contributed by atoms with Crippen LogP contribution in [0.25, 0.3) is 16.8 Å². The number of nitrogens with zero attached hydrogens (tertiary/aromatic N) is 6. The van der Waals surface area contributed by atoms with E-state index in [2.05, 4.69) is 83.7 Å². The minimum atomic E-state index is -0.308. The summed E-state index contributed by atoms with van der Waals surface area (Å²) < 4.78 is 5.50. The molecule has 184 valence electrons. The maximum absolute atomic E-state index is 6.22. The van der Waals surface area contributed by atoms with Gasteiger partial charge in [0.25, 0.3) is 0 Å².